The minimum absolute atomic E-state index is 0.155. The van der Waals surface area contributed by atoms with Gasteiger partial charge in [0.15, 0.2) is 0 Å². The molecule has 1 aromatic heterocycles. The predicted molar refractivity (Wildman–Crippen MR) is 88.3 cm³/mol. The molecule has 0 bridgehead atoms. The maximum atomic E-state index is 12.6. The van der Waals surface area contributed by atoms with Crippen LogP contribution in [0.3, 0.4) is 0 Å². The van der Waals surface area contributed by atoms with Gasteiger partial charge in [0.2, 0.25) is 5.95 Å². The normalized spacial score (nSPS) is 23.2. The van der Waals surface area contributed by atoms with Gasteiger partial charge in [-0.2, -0.15) is 0 Å². The fourth-order valence-corrected chi connectivity index (χ4v) is 3.66. The molecule has 1 amide bonds. The van der Waals surface area contributed by atoms with Gasteiger partial charge in [-0.15, -0.1) is 0 Å². The van der Waals surface area contributed by atoms with Gasteiger partial charge < -0.3 is 9.80 Å². The molecule has 0 saturated carbocycles. The minimum atomic E-state index is 0.155. The van der Waals surface area contributed by atoms with Crippen molar-refractivity contribution in [2.75, 3.05) is 31.1 Å². The zero-order valence-corrected chi connectivity index (χ0v) is 13.2. The molecule has 2 aliphatic heterocycles. The summed E-state index contributed by atoms with van der Waals surface area (Å²) in [7, 11) is 0. The van der Waals surface area contributed by atoms with Gasteiger partial charge in [-0.1, -0.05) is 17.7 Å². The third-order valence-corrected chi connectivity index (χ3v) is 4.91. The van der Waals surface area contributed by atoms with Crippen molar-refractivity contribution in [2.24, 2.45) is 11.8 Å². The fraction of sp³-hybridized carbons (Fsp3) is 0.389. The first kappa shape index (κ1) is 14.2. The zero-order chi connectivity index (χ0) is 15.8. The Kier molecular flexibility index (Phi) is 3.48. The molecule has 5 nitrogen and oxygen atoms in total. The van der Waals surface area contributed by atoms with Crippen LogP contribution in [0.1, 0.15) is 15.9 Å². The molecule has 4 rings (SSSR count). The number of likely N-dealkylation sites (tertiary alicyclic amines) is 1. The number of carbonyl (C=O) groups is 1. The van der Waals surface area contributed by atoms with Crippen molar-refractivity contribution in [3.63, 3.8) is 0 Å². The molecule has 1 aromatic carbocycles. The van der Waals surface area contributed by atoms with Gasteiger partial charge in [-0.25, -0.2) is 9.97 Å². The average Bonchev–Trinajstić information content (AvgIpc) is 3.14. The molecule has 2 aromatic rings. The third-order valence-electron chi connectivity index (χ3n) is 4.91. The largest absolute Gasteiger partial charge is 0.340 e. The van der Waals surface area contributed by atoms with Gasteiger partial charge in [-0.3, -0.25) is 4.79 Å². The quantitative estimate of drug-likeness (QED) is 0.851. The highest BCUT2D eigenvalue weighted by molar-refractivity contribution is 5.94. The number of aryl methyl sites for hydroxylation is 1. The van der Waals surface area contributed by atoms with Crippen molar-refractivity contribution >= 4 is 11.9 Å². The van der Waals surface area contributed by atoms with Gasteiger partial charge in [0.1, 0.15) is 0 Å². The average molecular weight is 308 g/mol. The predicted octanol–water partition coefficient (Wildman–Crippen LogP) is 1.99. The summed E-state index contributed by atoms with van der Waals surface area (Å²) in [6.45, 7) is 5.58. The number of hydrogen-bond donors (Lipinski definition) is 0. The molecule has 0 N–H and O–H groups in total. The van der Waals surface area contributed by atoms with Crippen LogP contribution in [-0.2, 0) is 0 Å². The number of aromatic nitrogens is 2. The molecule has 118 valence electrons. The van der Waals surface area contributed by atoms with Crippen LogP contribution in [0.4, 0.5) is 5.95 Å². The Morgan fingerprint density at radius 3 is 2.22 bits per heavy atom. The van der Waals surface area contributed by atoms with Crippen LogP contribution < -0.4 is 4.90 Å². The van der Waals surface area contributed by atoms with Crippen molar-refractivity contribution < 1.29 is 4.79 Å². The molecule has 2 aliphatic rings. The fourth-order valence-electron chi connectivity index (χ4n) is 3.66. The maximum absolute atomic E-state index is 12.6. The summed E-state index contributed by atoms with van der Waals surface area (Å²) in [5.74, 6) is 2.00. The number of amides is 1. The van der Waals surface area contributed by atoms with E-state index in [-0.39, 0.29) is 5.91 Å². The van der Waals surface area contributed by atoms with Crippen LogP contribution in [0, 0.1) is 18.8 Å². The van der Waals surface area contributed by atoms with E-state index in [1.54, 1.807) is 12.4 Å². The molecule has 5 heteroatoms. The summed E-state index contributed by atoms with van der Waals surface area (Å²) in [6.07, 6.45) is 3.56. The number of nitrogens with zero attached hydrogens (tertiary/aromatic N) is 4. The Hall–Kier alpha value is -2.43. The lowest BCUT2D eigenvalue weighted by Crippen LogP contribution is -2.33. The van der Waals surface area contributed by atoms with E-state index in [4.69, 9.17) is 0 Å². The number of fused-ring (bicyclic) bond motifs is 1. The van der Waals surface area contributed by atoms with Crippen molar-refractivity contribution in [3.05, 3.63) is 53.9 Å². The molecule has 3 heterocycles. The van der Waals surface area contributed by atoms with E-state index < -0.39 is 0 Å². The van der Waals surface area contributed by atoms with Gasteiger partial charge in [-0.05, 0) is 25.1 Å². The van der Waals surface area contributed by atoms with Crippen molar-refractivity contribution in [3.8, 4) is 0 Å². The second-order valence-corrected chi connectivity index (χ2v) is 6.55. The number of rotatable bonds is 2. The molecule has 2 atom stereocenters. The maximum Gasteiger partial charge on any atom is 0.253 e. The SMILES string of the molecule is Cc1ccc(C(=O)N2C[C@@H]3CN(c4ncccn4)C[C@@H]3C2)cc1. The summed E-state index contributed by atoms with van der Waals surface area (Å²) in [6, 6.07) is 9.69. The van der Waals surface area contributed by atoms with Crippen molar-refractivity contribution in [2.45, 2.75) is 6.92 Å². The Morgan fingerprint density at radius 1 is 1.00 bits per heavy atom. The second-order valence-electron chi connectivity index (χ2n) is 6.55. The molecular formula is C18H20N4O. The van der Waals surface area contributed by atoms with Gasteiger partial charge in [0.25, 0.3) is 5.91 Å². The third kappa shape index (κ3) is 2.67. The summed E-state index contributed by atoms with van der Waals surface area (Å²) in [5.41, 5.74) is 1.97. The van der Waals surface area contributed by atoms with Crippen LogP contribution in [0.2, 0.25) is 0 Å². The van der Waals surface area contributed by atoms with E-state index in [1.807, 2.05) is 42.2 Å². The molecule has 0 aliphatic carbocycles. The van der Waals surface area contributed by atoms with E-state index in [9.17, 15) is 4.79 Å². The highest BCUT2D eigenvalue weighted by Gasteiger charge is 2.42. The minimum Gasteiger partial charge on any atom is -0.340 e. The number of benzene rings is 1. The Labute approximate surface area is 136 Å². The first-order valence-electron chi connectivity index (χ1n) is 8.08. The van der Waals surface area contributed by atoms with Crippen LogP contribution in [0.5, 0.6) is 0 Å². The Balaban J connectivity index is 1.42. The Bertz CT molecular complexity index is 687. The van der Waals surface area contributed by atoms with Crippen molar-refractivity contribution in [1.29, 1.82) is 0 Å². The molecule has 23 heavy (non-hydrogen) atoms. The van der Waals surface area contributed by atoms with Gasteiger partial charge in [0.05, 0.1) is 0 Å². The monoisotopic (exact) mass is 308 g/mol. The van der Waals surface area contributed by atoms with Crippen LogP contribution in [-0.4, -0.2) is 47.0 Å². The molecular weight excluding hydrogens is 288 g/mol. The first-order valence-corrected chi connectivity index (χ1v) is 8.08. The molecule has 2 saturated heterocycles. The van der Waals surface area contributed by atoms with Crippen LogP contribution >= 0.6 is 0 Å². The molecule has 0 unspecified atom stereocenters. The first-order chi connectivity index (χ1) is 11.2. The Morgan fingerprint density at radius 2 is 1.61 bits per heavy atom. The van der Waals surface area contributed by atoms with E-state index in [0.29, 0.717) is 11.8 Å². The second kappa shape index (κ2) is 5.65. The van der Waals surface area contributed by atoms with E-state index in [0.717, 1.165) is 37.7 Å². The topological polar surface area (TPSA) is 49.3 Å². The highest BCUT2D eigenvalue weighted by Crippen LogP contribution is 2.33. The summed E-state index contributed by atoms with van der Waals surface area (Å²) in [5, 5.41) is 0. The summed E-state index contributed by atoms with van der Waals surface area (Å²) < 4.78 is 0. The smallest absolute Gasteiger partial charge is 0.253 e. The molecule has 2 fully saturated rings. The van der Waals surface area contributed by atoms with E-state index in [1.165, 1.54) is 5.56 Å². The summed E-state index contributed by atoms with van der Waals surface area (Å²) in [4.78, 5) is 25.5. The summed E-state index contributed by atoms with van der Waals surface area (Å²) >= 11 is 0. The van der Waals surface area contributed by atoms with E-state index in [2.05, 4.69) is 14.9 Å². The number of anilines is 1. The lowest BCUT2D eigenvalue weighted by Gasteiger charge is -2.21. The number of hydrogen-bond acceptors (Lipinski definition) is 4. The number of carbonyl (C=O) groups excluding carboxylic acids is 1. The molecule has 0 radical (unpaired) electrons. The van der Waals surface area contributed by atoms with Crippen LogP contribution in [0.15, 0.2) is 42.7 Å². The van der Waals surface area contributed by atoms with Gasteiger partial charge >= 0.3 is 0 Å². The van der Waals surface area contributed by atoms with Crippen molar-refractivity contribution in [1.82, 2.24) is 14.9 Å². The zero-order valence-electron chi connectivity index (χ0n) is 13.2. The lowest BCUT2D eigenvalue weighted by atomic mass is 10.0. The lowest BCUT2D eigenvalue weighted by molar-refractivity contribution is 0.0782. The molecule has 0 spiro atoms. The van der Waals surface area contributed by atoms with Gasteiger partial charge in [0, 0.05) is 56.0 Å². The highest BCUT2D eigenvalue weighted by atomic mass is 16.2. The standard InChI is InChI=1S/C18H20N4O/c1-13-3-5-14(6-4-13)17(23)21-9-15-11-22(12-16(15)10-21)18-19-7-2-8-20-18/h2-8,15-16H,9-12H2,1H3/t15-,16+. The van der Waals surface area contributed by atoms with Crippen LogP contribution in [0.25, 0.3) is 0 Å². The van der Waals surface area contributed by atoms with E-state index >= 15 is 0 Å².